The number of amides is 1. The second kappa shape index (κ2) is 5.58. The van der Waals surface area contributed by atoms with Gasteiger partial charge in [-0.25, -0.2) is 4.79 Å². The Labute approximate surface area is 106 Å². The summed E-state index contributed by atoms with van der Waals surface area (Å²) in [5.74, 6) is 0.657. The van der Waals surface area contributed by atoms with Crippen molar-refractivity contribution in [3.05, 3.63) is 29.8 Å². The molecule has 2 N–H and O–H groups in total. The van der Waals surface area contributed by atoms with Crippen LogP contribution in [0.25, 0.3) is 10.9 Å². The van der Waals surface area contributed by atoms with Crippen LogP contribution in [0.3, 0.4) is 0 Å². The summed E-state index contributed by atoms with van der Waals surface area (Å²) in [5, 5.41) is 3.71. The Morgan fingerprint density at radius 2 is 2.22 bits per heavy atom. The number of methoxy groups -OCH3 is 1. The quantitative estimate of drug-likeness (QED) is 0.864. The van der Waals surface area contributed by atoms with E-state index in [2.05, 4.69) is 40.2 Å². The second-order valence-corrected chi connectivity index (χ2v) is 4.32. The van der Waals surface area contributed by atoms with Crippen molar-refractivity contribution in [2.24, 2.45) is 0 Å². The number of benzene rings is 1. The number of rotatable bonds is 4. The summed E-state index contributed by atoms with van der Waals surface area (Å²) in [6.07, 6.45) is 3.01. The van der Waals surface area contributed by atoms with Gasteiger partial charge in [-0.1, -0.05) is 25.5 Å². The van der Waals surface area contributed by atoms with Gasteiger partial charge < -0.3 is 9.72 Å². The average Bonchev–Trinajstić information content (AvgIpc) is 2.77. The number of aryl methyl sites for hydroxylation is 1. The number of anilines is 1. The van der Waals surface area contributed by atoms with Crippen LogP contribution in [-0.2, 0) is 11.2 Å². The van der Waals surface area contributed by atoms with Crippen molar-refractivity contribution in [3.63, 3.8) is 0 Å². The lowest BCUT2D eigenvalue weighted by atomic mass is 10.1. The van der Waals surface area contributed by atoms with Crippen LogP contribution in [0.4, 0.5) is 10.6 Å². The highest BCUT2D eigenvalue weighted by Gasteiger charge is 2.05. The Bertz CT molecular complexity index is 546. The summed E-state index contributed by atoms with van der Waals surface area (Å²) in [5.41, 5.74) is 2.35. The predicted molar refractivity (Wildman–Crippen MR) is 72.9 cm³/mol. The Balaban J connectivity index is 2.19. The van der Waals surface area contributed by atoms with Gasteiger partial charge in [0, 0.05) is 10.9 Å². The van der Waals surface area contributed by atoms with E-state index in [0.717, 1.165) is 17.3 Å². The number of aromatic amines is 1. The third-order valence-electron chi connectivity index (χ3n) is 2.93. The first kappa shape index (κ1) is 12.5. The lowest BCUT2D eigenvalue weighted by Crippen LogP contribution is -2.10. The molecule has 0 saturated heterocycles. The Morgan fingerprint density at radius 3 is 2.94 bits per heavy atom. The molecule has 96 valence electrons. The van der Waals surface area contributed by atoms with Crippen LogP contribution >= 0.6 is 0 Å². The van der Waals surface area contributed by atoms with Crippen molar-refractivity contribution in [2.75, 3.05) is 12.4 Å². The summed E-state index contributed by atoms with van der Waals surface area (Å²) < 4.78 is 4.56. The van der Waals surface area contributed by atoms with Crippen LogP contribution in [0.15, 0.2) is 24.3 Å². The number of fused-ring (bicyclic) bond motifs is 1. The molecular weight excluding hydrogens is 228 g/mol. The van der Waals surface area contributed by atoms with E-state index in [1.54, 1.807) is 0 Å². The van der Waals surface area contributed by atoms with Crippen LogP contribution in [0, 0.1) is 0 Å². The second-order valence-electron chi connectivity index (χ2n) is 4.32. The number of aromatic nitrogens is 1. The van der Waals surface area contributed by atoms with E-state index in [1.165, 1.54) is 25.5 Å². The first-order valence-electron chi connectivity index (χ1n) is 6.19. The molecule has 18 heavy (non-hydrogen) atoms. The zero-order valence-electron chi connectivity index (χ0n) is 10.7. The number of nitrogens with one attached hydrogen (secondary N) is 2. The van der Waals surface area contributed by atoms with Crippen molar-refractivity contribution in [2.45, 2.75) is 26.2 Å². The van der Waals surface area contributed by atoms with E-state index >= 15 is 0 Å². The maximum absolute atomic E-state index is 11.1. The largest absolute Gasteiger partial charge is 0.453 e. The Hall–Kier alpha value is -1.97. The van der Waals surface area contributed by atoms with E-state index in [9.17, 15) is 4.79 Å². The fourth-order valence-electron chi connectivity index (χ4n) is 1.94. The molecule has 1 heterocycles. The molecule has 2 aromatic rings. The molecule has 0 aliphatic heterocycles. The first-order chi connectivity index (χ1) is 8.72. The van der Waals surface area contributed by atoms with Crippen molar-refractivity contribution in [1.29, 1.82) is 0 Å². The lowest BCUT2D eigenvalue weighted by Gasteiger charge is -2.00. The molecule has 0 atom stereocenters. The molecule has 0 radical (unpaired) electrons. The molecular formula is C14H18N2O2. The summed E-state index contributed by atoms with van der Waals surface area (Å²) in [7, 11) is 1.35. The summed E-state index contributed by atoms with van der Waals surface area (Å²) in [6, 6.07) is 8.23. The minimum atomic E-state index is -0.465. The minimum absolute atomic E-state index is 0.465. The number of unbranched alkanes of at least 4 members (excludes halogenated alkanes) is 1. The summed E-state index contributed by atoms with van der Waals surface area (Å²) in [4.78, 5) is 14.3. The molecule has 0 fully saturated rings. The van der Waals surface area contributed by atoms with Gasteiger partial charge in [0.15, 0.2) is 0 Å². The van der Waals surface area contributed by atoms with Gasteiger partial charge in [-0.2, -0.15) is 0 Å². The molecule has 0 spiro atoms. The topological polar surface area (TPSA) is 54.1 Å². The summed E-state index contributed by atoms with van der Waals surface area (Å²) in [6.45, 7) is 2.19. The fourth-order valence-corrected chi connectivity index (χ4v) is 1.94. The highest BCUT2D eigenvalue weighted by atomic mass is 16.5. The third kappa shape index (κ3) is 2.83. The van der Waals surface area contributed by atoms with Gasteiger partial charge in [0.05, 0.1) is 7.11 Å². The lowest BCUT2D eigenvalue weighted by molar-refractivity contribution is 0.187. The normalized spacial score (nSPS) is 10.6. The number of ether oxygens (including phenoxy) is 1. The maximum atomic E-state index is 11.1. The molecule has 0 bridgehead atoms. The molecule has 1 amide bonds. The predicted octanol–water partition coefficient (Wildman–Crippen LogP) is 3.69. The number of carbonyl (C=O) groups is 1. The highest BCUT2D eigenvalue weighted by Crippen LogP contribution is 2.21. The highest BCUT2D eigenvalue weighted by molar-refractivity contribution is 5.90. The fraction of sp³-hybridized carbons (Fsp3) is 0.357. The molecule has 0 unspecified atom stereocenters. The number of hydrogen-bond acceptors (Lipinski definition) is 2. The van der Waals surface area contributed by atoms with Gasteiger partial charge in [-0.3, -0.25) is 5.32 Å². The zero-order chi connectivity index (χ0) is 13.0. The third-order valence-corrected chi connectivity index (χ3v) is 2.93. The zero-order valence-corrected chi connectivity index (χ0v) is 10.7. The standard InChI is InChI=1S/C14H18N2O2/c1-3-4-5-10-6-7-11-9-13(15-12(11)8-10)16-14(17)18-2/h6-9,15H,3-5H2,1-2H3,(H,16,17). The van der Waals surface area contributed by atoms with Gasteiger partial charge in [0.2, 0.25) is 0 Å². The minimum Gasteiger partial charge on any atom is -0.453 e. The van der Waals surface area contributed by atoms with E-state index in [-0.39, 0.29) is 0 Å². The van der Waals surface area contributed by atoms with Crippen molar-refractivity contribution in [1.82, 2.24) is 4.98 Å². The molecule has 0 saturated carbocycles. The van der Waals surface area contributed by atoms with Gasteiger partial charge in [0.1, 0.15) is 5.82 Å². The van der Waals surface area contributed by atoms with Gasteiger partial charge in [-0.15, -0.1) is 0 Å². The monoisotopic (exact) mass is 246 g/mol. The molecule has 1 aromatic carbocycles. The van der Waals surface area contributed by atoms with E-state index < -0.39 is 6.09 Å². The van der Waals surface area contributed by atoms with Crippen molar-refractivity contribution >= 4 is 22.8 Å². The Kier molecular flexibility index (Phi) is 3.87. The van der Waals surface area contributed by atoms with E-state index in [1.807, 2.05) is 6.07 Å². The molecule has 0 aliphatic carbocycles. The van der Waals surface area contributed by atoms with Crippen LogP contribution < -0.4 is 5.32 Å². The Morgan fingerprint density at radius 1 is 1.39 bits per heavy atom. The maximum Gasteiger partial charge on any atom is 0.412 e. The van der Waals surface area contributed by atoms with Crippen molar-refractivity contribution < 1.29 is 9.53 Å². The van der Waals surface area contributed by atoms with Gasteiger partial charge in [-0.05, 0) is 30.5 Å². The SMILES string of the molecule is CCCCc1ccc2cc(NC(=O)OC)[nH]c2c1. The number of H-pyrrole nitrogens is 1. The number of carbonyl (C=O) groups excluding carboxylic acids is 1. The van der Waals surface area contributed by atoms with Crippen LogP contribution in [0.2, 0.25) is 0 Å². The van der Waals surface area contributed by atoms with Crippen LogP contribution in [0.1, 0.15) is 25.3 Å². The van der Waals surface area contributed by atoms with Crippen LogP contribution in [0.5, 0.6) is 0 Å². The van der Waals surface area contributed by atoms with Gasteiger partial charge in [0.25, 0.3) is 0 Å². The molecule has 2 rings (SSSR count). The smallest absolute Gasteiger partial charge is 0.412 e. The molecule has 1 aromatic heterocycles. The first-order valence-corrected chi connectivity index (χ1v) is 6.19. The molecule has 4 heteroatoms. The average molecular weight is 246 g/mol. The van der Waals surface area contributed by atoms with E-state index in [4.69, 9.17) is 0 Å². The van der Waals surface area contributed by atoms with Crippen molar-refractivity contribution in [3.8, 4) is 0 Å². The summed E-state index contributed by atoms with van der Waals surface area (Å²) >= 11 is 0. The number of hydrogen-bond donors (Lipinski definition) is 2. The molecule has 4 nitrogen and oxygen atoms in total. The van der Waals surface area contributed by atoms with E-state index in [0.29, 0.717) is 5.82 Å². The van der Waals surface area contributed by atoms with Gasteiger partial charge >= 0.3 is 6.09 Å². The van der Waals surface area contributed by atoms with Crippen LogP contribution in [-0.4, -0.2) is 18.2 Å². The molecule has 0 aliphatic rings.